The number of rotatable bonds is 4. The van der Waals surface area contributed by atoms with E-state index >= 15 is 0 Å². The third-order valence-corrected chi connectivity index (χ3v) is 3.31. The van der Waals surface area contributed by atoms with Gasteiger partial charge in [0.2, 0.25) is 0 Å². The molecule has 0 radical (unpaired) electrons. The molecule has 1 N–H and O–H groups in total. The average Bonchev–Trinajstić information content (AvgIpc) is 2.44. The molecule has 1 aliphatic heterocycles. The molecule has 6 heteroatoms. The third-order valence-electron chi connectivity index (χ3n) is 3.31. The van der Waals surface area contributed by atoms with Crippen LogP contribution >= 0.6 is 0 Å². The molecule has 21 heavy (non-hydrogen) atoms. The SMILES string of the molecule is CC1=CCCN(c2ccc([N+](=O)[O-])c(/C=C/C(=O)O)c2)C1. The first kappa shape index (κ1) is 14.8. The predicted octanol–water partition coefficient (Wildman–Crippen LogP) is 2.85. The first-order valence-corrected chi connectivity index (χ1v) is 6.57. The lowest BCUT2D eigenvalue weighted by Gasteiger charge is -2.28. The summed E-state index contributed by atoms with van der Waals surface area (Å²) >= 11 is 0. The maximum absolute atomic E-state index is 11.0. The molecule has 0 amide bonds. The Hall–Kier alpha value is -2.63. The number of carboxylic acids is 1. The number of benzene rings is 1. The van der Waals surface area contributed by atoms with Gasteiger partial charge in [-0.15, -0.1) is 0 Å². The molecular weight excluding hydrogens is 272 g/mol. The fraction of sp³-hybridized carbons (Fsp3) is 0.267. The van der Waals surface area contributed by atoms with Crippen LogP contribution in [-0.2, 0) is 4.79 Å². The molecule has 110 valence electrons. The lowest BCUT2D eigenvalue weighted by molar-refractivity contribution is -0.385. The van der Waals surface area contributed by atoms with Gasteiger partial charge in [0, 0.05) is 30.9 Å². The zero-order chi connectivity index (χ0) is 15.4. The maximum atomic E-state index is 11.0. The molecule has 6 nitrogen and oxygen atoms in total. The van der Waals surface area contributed by atoms with Crippen molar-refractivity contribution in [2.45, 2.75) is 13.3 Å². The van der Waals surface area contributed by atoms with Crippen molar-refractivity contribution in [1.29, 1.82) is 0 Å². The van der Waals surface area contributed by atoms with E-state index in [2.05, 4.69) is 11.0 Å². The second-order valence-electron chi connectivity index (χ2n) is 4.93. The van der Waals surface area contributed by atoms with E-state index in [0.717, 1.165) is 31.3 Å². The van der Waals surface area contributed by atoms with Gasteiger partial charge in [0.25, 0.3) is 5.69 Å². The van der Waals surface area contributed by atoms with Gasteiger partial charge in [0.1, 0.15) is 0 Å². The quantitative estimate of drug-likeness (QED) is 0.398. The van der Waals surface area contributed by atoms with E-state index in [0.29, 0.717) is 5.56 Å². The Kier molecular flexibility index (Phi) is 4.37. The first-order chi connectivity index (χ1) is 9.97. The Balaban J connectivity index is 2.36. The molecule has 2 rings (SSSR count). The van der Waals surface area contributed by atoms with Crippen LogP contribution in [0.1, 0.15) is 18.9 Å². The number of nitro benzene ring substituents is 1. The molecular formula is C15H16N2O4. The van der Waals surface area contributed by atoms with Crippen molar-refractivity contribution in [3.05, 3.63) is 51.6 Å². The van der Waals surface area contributed by atoms with Gasteiger partial charge in [-0.3, -0.25) is 10.1 Å². The van der Waals surface area contributed by atoms with Crippen LogP contribution in [0.15, 0.2) is 35.9 Å². The monoisotopic (exact) mass is 288 g/mol. The van der Waals surface area contributed by atoms with Gasteiger partial charge in [-0.2, -0.15) is 0 Å². The second kappa shape index (κ2) is 6.21. The summed E-state index contributed by atoms with van der Waals surface area (Å²) in [5.74, 6) is -1.13. The highest BCUT2D eigenvalue weighted by Gasteiger charge is 2.16. The number of carbonyl (C=O) groups is 1. The minimum atomic E-state index is -1.13. The van der Waals surface area contributed by atoms with Gasteiger partial charge >= 0.3 is 5.97 Å². The lowest BCUT2D eigenvalue weighted by atomic mass is 10.1. The number of nitro groups is 1. The molecule has 1 heterocycles. The number of carboxylic acid groups (broad SMARTS) is 1. The van der Waals surface area contributed by atoms with E-state index in [9.17, 15) is 14.9 Å². The summed E-state index contributed by atoms with van der Waals surface area (Å²) < 4.78 is 0. The number of aliphatic carboxylic acids is 1. The molecule has 1 aromatic carbocycles. The van der Waals surface area contributed by atoms with Crippen molar-refractivity contribution < 1.29 is 14.8 Å². The van der Waals surface area contributed by atoms with Crippen molar-refractivity contribution in [1.82, 2.24) is 0 Å². The minimum Gasteiger partial charge on any atom is -0.478 e. The van der Waals surface area contributed by atoms with Crippen LogP contribution in [0.5, 0.6) is 0 Å². The average molecular weight is 288 g/mol. The van der Waals surface area contributed by atoms with E-state index in [1.807, 2.05) is 6.92 Å². The topological polar surface area (TPSA) is 83.7 Å². The molecule has 0 spiro atoms. The fourth-order valence-corrected chi connectivity index (χ4v) is 2.33. The second-order valence-corrected chi connectivity index (χ2v) is 4.93. The molecule has 0 atom stereocenters. The van der Waals surface area contributed by atoms with E-state index in [4.69, 9.17) is 5.11 Å². The van der Waals surface area contributed by atoms with Gasteiger partial charge in [0.05, 0.1) is 10.5 Å². The summed E-state index contributed by atoms with van der Waals surface area (Å²) in [6, 6.07) is 4.79. The van der Waals surface area contributed by atoms with Gasteiger partial charge in [-0.25, -0.2) is 4.79 Å². The molecule has 0 fully saturated rings. The highest BCUT2D eigenvalue weighted by atomic mass is 16.6. The summed E-state index contributed by atoms with van der Waals surface area (Å²) in [7, 11) is 0. The Morgan fingerprint density at radius 3 is 2.86 bits per heavy atom. The van der Waals surface area contributed by atoms with Crippen LogP contribution < -0.4 is 4.90 Å². The zero-order valence-corrected chi connectivity index (χ0v) is 11.7. The van der Waals surface area contributed by atoms with Crippen LogP contribution in [0.25, 0.3) is 6.08 Å². The molecule has 1 aliphatic rings. The summed E-state index contributed by atoms with van der Waals surface area (Å²) in [6.07, 6.45) is 5.28. The minimum absolute atomic E-state index is 0.0967. The Bertz CT molecular complexity index is 635. The summed E-state index contributed by atoms with van der Waals surface area (Å²) in [5, 5.41) is 19.7. The summed E-state index contributed by atoms with van der Waals surface area (Å²) in [4.78, 5) is 23.2. The molecule has 0 saturated carbocycles. The molecule has 0 bridgehead atoms. The van der Waals surface area contributed by atoms with Gasteiger partial charge in [0.15, 0.2) is 0 Å². The largest absolute Gasteiger partial charge is 0.478 e. The fourth-order valence-electron chi connectivity index (χ4n) is 2.33. The van der Waals surface area contributed by atoms with Crippen molar-refractivity contribution in [2.75, 3.05) is 18.0 Å². The Morgan fingerprint density at radius 2 is 2.24 bits per heavy atom. The Morgan fingerprint density at radius 1 is 1.48 bits per heavy atom. The third kappa shape index (κ3) is 3.68. The van der Waals surface area contributed by atoms with Crippen LogP contribution in [0, 0.1) is 10.1 Å². The molecule has 1 aromatic rings. The molecule has 0 saturated heterocycles. The number of nitrogens with zero attached hydrogens (tertiary/aromatic N) is 2. The lowest BCUT2D eigenvalue weighted by Crippen LogP contribution is -2.29. The van der Waals surface area contributed by atoms with Crippen molar-refractivity contribution in [3.63, 3.8) is 0 Å². The normalized spacial score (nSPS) is 15.1. The maximum Gasteiger partial charge on any atom is 0.328 e. The van der Waals surface area contributed by atoms with Crippen LogP contribution in [0.2, 0.25) is 0 Å². The standard InChI is InChI=1S/C15H16N2O4/c1-11-3-2-8-16(10-11)13-5-6-14(17(20)21)12(9-13)4-7-15(18)19/h3-7,9H,2,8,10H2,1H3,(H,18,19)/b7-4+. The van der Waals surface area contributed by atoms with E-state index < -0.39 is 10.9 Å². The van der Waals surface area contributed by atoms with Gasteiger partial charge in [-0.1, -0.05) is 11.6 Å². The highest BCUT2D eigenvalue weighted by Crippen LogP contribution is 2.28. The first-order valence-electron chi connectivity index (χ1n) is 6.57. The summed E-state index contributed by atoms with van der Waals surface area (Å²) in [6.45, 7) is 3.67. The molecule has 0 unspecified atom stereocenters. The molecule has 0 aromatic heterocycles. The van der Waals surface area contributed by atoms with Crippen LogP contribution in [-0.4, -0.2) is 29.1 Å². The Labute approximate surface area is 122 Å². The highest BCUT2D eigenvalue weighted by molar-refractivity contribution is 5.86. The predicted molar refractivity (Wildman–Crippen MR) is 80.4 cm³/mol. The molecule has 0 aliphatic carbocycles. The van der Waals surface area contributed by atoms with E-state index in [-0.39, 0.29) is 5.69 Å². The number of anilines is 1. The van der Waals surface area contributed by atoms with Crippen molar-refractivity contribution in [3.8, 4) is 0 Å². The smallest absolute Gasteiger partial charge is 0.328 e. The number of hydrogen-bond donors (Lipinski definition) is 1. The van der Waals surface area contributed by atoms with E-state index in [1.54, 1.807) is 12.1 Å². The van der Waals surface area contributed by atoms with Crippen molar-refractivity contribution in [2.24, 2.45) is 0 Å². The number of hydrogen-bond acceptors (Lipinski definition) is 4. The zero-order valence-electron chi connectivity index (χ0n) is 11.7. The van der Waals surface area contributed by atoms with E-state index in [1.165, 1.54) is 17.7 Å². The van der Waals surface area contributed by atoms with Crippen molar-refractivity contribution >= 4 is 23.4 Å². The van der Waals surface area contributed by atoms with Gasteiger partial charge in [-0.05, 0) is 31.6 Å². The van der Waals surface area contributed by atoms with Crippen LogP contribution in [0.4, 0.5) is 11.4 Å². The summed E-state index contributed by atoms with van der Waals surface area (Å²) in [5.41, 5.74) is 2.31. The van der Waals surface area contributed by atoms with Crippen LogP contribution in [0.3, 0.4) is 0 Å². The van der Waals surface area contributed by atoms with Gasteiger partial charge < -0.3 is 10.0 Å².